The Bertz CT molecular complexity index is 1080. The third-order valence-electron chi connectivity index (χ3n) is 4.99. The van der Waals surface area contributed by atoms with Crippen LogP contribution in [0.3, 0.4) is 0 Å². The van der Waals surface area contributed by atoms with Crippen molar-refractivity contribution in [1.29, 1.82) is 0 Å². The summed E-state index contributed by atoms with van der Waals surface area (Å²) in [5.74, 6) is 0.885. The Morgan fingerprint density at radius 3 is 2.54 bits per heavy atom. The smallest absolute Gasteiger partial charge is 0.185 e. The van der Waals surface area contributed by atoms with Crippen LogP contribution in [0.4, 0.5) is 0 Å². The second-order valence-electron chi connectivity index (χ2n) is 6.74. The number of halogens is 1. The summed E-state index contributed by atoms with van der Waals surface area (Å²) in [7, 11) is 0. The highest BCUT2D eigenvalue weighted by Gasteiger charge is 2.19. The third kappa shape index (κ3) is 2.64. The van der Waals surface area contributed by atoms with Crippen LogP contribution in [0.5, 0.6) is 0 Å². The van der Waals surface area contributed by atoms with Crippen LogP contribution < -0.4 is 0 Å². The molecule has 130 valence electrons. The highest BCUT2D eigenvalue weighted by Crippen LogP contribution is 2.31. The molecule has 1 saturated heterocycles. The van der Waals surface area contributed by atoms with E-state index in [0.29, 0.717) is 5.02 Å². The minimum atomic E-state index is 0.692. The molecule has 0 saturated carbocycles. The second-order valence-corrected chi connectivity index (χ2v) is 7.18. The van der Waals surface area contributed by atoms with Crippen LogP contribution in [0.2, 0.25) is 5.02 Å². The van der Waals surface area contributed by atoms with Gasteiger partial charge in [0, 0.05) is 21.4 Å². The average Bonchev–Trinajstić information content (AvgIpc) is 3.32. The first-order valence-corrected chi connectivity index (χ1v) is 9.29. The normalized spacial score (nSPS) is 15.3. The van der Waals surface area contributed by atoms with E-state index in [-0.39, 0.29) is 0 Å². The van der Waals surface area contributed by atoms with Gasteiger partial charge in [-0.25, -0.2) is 0 Å². The van der Waals surface area contributed by atoms with Gasteiger partial charge in [0.25, 0.3) is 0 Å². The molecule has 0 bridgehead atoms. The summed E-state index contributed by atoms with van der Waals surface area (Å²) in [5, 5.41) is 16.5. The molecular formula is C20H18ClN5. The maximum atomic E-state index is 6.27. The summed E-state index contributed by atoms with van der Waals surface area (Å²) >= 11 is 6.27. The molecule has 6 heteroatoms. The fourth-order valence-corrected chi connectivity index (χ4v) is 3.87. The molecule has 26 heavy (non-hydrogen) atoms. The van der Waals surface area contributed by atoms with E-state index >= 15 is 0 Å². The minimum Gasteiger partial charge on any atom is -0.296 e. The Hall–Kier alpha value is -2.50. The monoisotopic (exact) mass is 363 g/mol. The quantitative estimate of drug-likeness (QED) is 0.547. The van der Waals surface area contributed by atoms with Crippen LogP contribution in [0, 0.1) is 0 Å². The van der Waals surface area contributed by atoms with Gasteiger partial charge in [0.2, 0.25) is 0 Å². The third-order valence-corrected chi connectivity index (χ3v) is 5.23. The number of likely N-dealkylation sites (tertiary alicyclic amines) is 1. The first-order valence-electron chi connectivity index (χ1n) is 8.91. The van der Waals surface area contributed by atoms with Crippen molar-refractivity contribution in [3.63, 3.8) is 0 Å². The average molecular weight is 364 g/mol. The molecule has 2 aromatic carbocycles. The van der Waals surface area contributed by atoms with Crippen molar-refractivity contribution in [3.05, 3.63) is 59.4 Å². The Balaban J connectivity index is 1.75. The maximum absolute atomic E-state index is 6.27. The molecule has 1 aliphatic rings. The summed E-state index contributed by atoms with van der Waals surface area (Å²) in [6, 6.07) is 16.1. The van der Waals surface area contributed by atoms with Crippen LogP contribution in [0.1, 0.15) is 18.7 Å². The highest BCUT2D eigenvalue weighted by molar-refractivity contribution is 6.31. The molecule has 0 radical (unpaired) electrons. The molecule has 1 fully saturated rings. The van der Waals surface area contributed by atoms with Crippen molar-refractivity contribution in [2.75, 3.05) is 13.1 Å². The summed E-state index contributed by atoms with van der Waals surface area (Å²) in [6.07, 6.45) is 2.50. The molecule has 2 aromatic heterocycles. The van der Waals surface area contributed by atoms with Crippen LogP contribution in [-0.2, 0) is 6.54 Å². The van der Waals surface area contributed by atoms with Gasteiger partial charge in [-0.15, -0.1) is 10.2 Å². The van der Waals surface area contributed by atoms with Gasteiger partial charge in [-0.3, -0.25) is 4.90 Å². The number of nitrogens with zero attached hydrogens (tertiary/aromatic N) is 5. The highest BCUT2D eigenvalue weighted by atomic mass is 35.5. The number of hydrogen-bond donors (Lipinski definition) is 0. The number of hydrogen-bond acceptors (Lipinski definition) is 4. The van der Waals surface area contributed by atoms with Gasteiger partial charge in [-0.05, 0) is 44.1 Å². The lowest BCUT2D eigenvalue weighted by Gasteiger charge is -2.13. The summed E-state index contributed by atoms with van der Waals surface area (Å²) in [5.41, 5.74) is 2.74. The molecular weight excluding hydrogens is 346 g/mol. The van der Waals surface area contributed by atoms with E-state index in [1.807, 2.05) is 40.9 Å². The predicted molar refractivity (Wildman–Crippen MR) is 103 cm³/mol. The largest absolute Gasteiger partial charge is 0.296 e. The zero-order chi connectivity index (χ0) is 17.5. The molecule has 0 spiro atoms. The predicted octanol–water partition coefficient (Wildman–Crippen LogP) is 4.19. The molecule has 3 heterocycles. The van der Waals surface area contributed by atoms with Crippen molar-refractivity contribution in [3.8, 4) is 11.3 Å². The number of rotatable bonds is 3. The van der Waals surface area contributed by atoms with Crippen LogP contribution >= 0.6 is 11.6 Å². The molecule has 0 N–H and O–H groups in total. The van der Waals surface area contributed by atoms with Crippen molar-refractivity contribution in [2.45, 2.75) is 19.4 Å². The Morgan fingerprint density at radius 2 is 1.73 bits per heavy atom. The first kappa shape index (κ1) is 15.7. The first-order chi connectivity index (χ1) is 12.8. The fourth-order valence-electron chi connectivity index (χ4n) is 3.69. The fraction of sp³-hybridized carbons (Fsp3) is 0.250. The topological polar surface area (TPSA) is 46.3 Å². The molecule has 0 unspecified atom stereocenters. The number of aromatic nitrogens is 4. The van der Waals surface area contributed by atoms with E-state index in [9.17, 15) is 0 Å². The molecule has 4 aromatic rings. The second kappa shape index (κ2) is 6.34. The molecule has 0 amide bonds. The van der Waals surface area contributed by atoms with E-state index in [4.69, 9.17) is 16.7 Å². The van der Waals surface area contributed by atoms with E-state index in [2.05, 4.69) is 27.2 Å². The van der Waals surface area contributed by atoms with Crippen molar-refractivity contribution in [1.82, 2.24) is 24.7 Å². The van der Waals surface area contributed by atoms with Gasteiger partial charge in [0.15, 0.2) is 11.5 Å². The Labute approximate surface area is 156 Å². The van der Waals surface area contributed by atoms with E-state index in [0.717, 1.165) is 53.1 Å². The zero-order valence-electron chi connectivity index (χ0n) is 14.3. The maximum Gasteiger partial charge on any atom is 0.185 e. The number of benzene rings is 2. The van der Waals surface area contributed by atoms with Crippen LogP contribution in [-0.4, -0.2) is 37.8 Å². The molecule has 0 atom stereocenters. The SMILES string of the molecule is Clc1ccc2c(c1)c(-c1ccccc1)nn1c(CN3CCCC3)nnc21. The summed E-state index contributed by atoms with van der Waals surface area (Å²) < 4.78 is 1.90. The number of fused-ring (bicyclic) bond motifs is 3. The summed E-state index contributed by atoms with van der Waals surface area (Å²) in [4.78, 5) is 2.41. The summed E-state index contributed by atoms with van der Waals surface area (Å²) in [6.45, 7) is 3.01. The molecule has 0 aliphatic carbocycles. The lowest BCUT2D eigenvalue weighted by molar-refractivity contribution is 0.319. The Morgan fingerprint density at radius 1 is 0.923 bits per heavy atom. The van der Waals surface area contributed by atoms with Gasteiger partial charge in [-0.2, -0.15) is 9.61 Å². The van der Waals surface area contributed by atoms with E-state index in [1.54, 1.807) is 0 Å². The van der Waals surface area contributed by atoms with Crippen molar-refractivity contribution >= 4 is 28.0 Å². The standard InChI is InChI=1S/C20H18ClN5/c21-15-8-9-16-17(12-15)19(14-6-2-1-3-7-14)24-26-18(22-23-20(16)26)13-25-10-4-5-11-25/h1-3,6-9,12H,4-5,10-11,13H2. The zero-order valence-corrected chi connectivity index (χ0v) is 15.0. The van der Waals surface area contributed by atoms with Gasteiger partial charge >= 0.3 is 0 Å². The van der Waals surface area contributed by atoms with Gasteiger partial charge in [-0.1, -0.05) is 41.9 Å². The van der Waals surface area contributed by atoms with Crippen molar-refractivity contribution < 1.29 is 0 Å². The lowest BCUT2D eigenvalue weighted by Crippen LogP contribution is -2.20. The van der Waals surface area contributed by atoms with Crippen LogP contribution in [0.25, 0.3) is 27.7 Å². The molecule has 1 aliphatic heterocycles. The van der Waals surface area contributed by atoms with Gasteiger partial charge < -0.3 is 0 Å². The van der Waals surface area contributed by atoms with Crippen molar-refractivity contribution in [2.24, 2.45) is 0 Å². The van der Waals surface area contributed by atoms with Gasteiger partial charge in [0.05, 0.1) is 12.2 Å². The minimum absolute atomic E-state index is 0.692. The van der Waals surface area contributed by atoms with E-state index < -0.39 is 0 Å². The van der Waals surface area contributed by atoms with Gasteiger partial charge in [0.1, 0.15) is 0 Å². The molecule has 5 rings (SSSR count). The van der Waals surface area contributed by atoms with E-state index in [1.165, 1.54) is 12.8 Å². The molecule has 5 nitrogen and oxygen atoms in total. The van der Waals surface area contributed by atoms with Crippen LogP contribution in [0.15, 0.2) is 48.5 Å². The lowest BCUT2D eigenvalue weighted by atomic mass is 10.1. The Kier molecular flexibility index (Phi) is 3.84.